The highest BCUT2D eigenvalue weighted by Gasteiger charge is 2.23. The van der Waals surface area contributed by atoms with E-state index >= 15 is 0 Å². The number of aryl methyl sites for hydroxylation is 1. The molecule has 2 heteroatoms. The first-order valence-corrected chi connectivity index (χ1v) is 9.70. The summed E-state index contributed by atoms with van der Waals surface area (Å²) in [7, 11) is 0. The molecule has 24 heavy (non-hydrogen) atoms. The van der Waals surface area contributed by atoms with E-state index in [4.69, 9.17) is 0 Å². The average molecular weight is 334 g/mol. The highest BCUT2D eigenvalue weighted by molar-refractivity contribution is 7.17. The second-order valence-corrected chi connectivity index (χ2v) is 7.57. The Hall–Kier alpha value is -2.06. The van der Waals surface area contributed by atoms with E-state index in [1.54, 1.807) is 11.3 Å². The molecule has 0 atom stereocenters. The van der Waals surface area contributed by atoms with Gasteiger partial charge in [-0.1, -0.05) is 38.5 Å². The van der Waals surface area contributed by atoms with Crippen LogP contribution in [0.2, 0.25) is 0 Å². The highest BCUT2D eigenvalue weighted by Crippen LogP contribution is 2.38. The summed E-state index contributed by atoms with van der Waals surface area (Å²) in [5.41, 5.74) is 6.55. The number of anilines is 1. The number of rotatable bonds is 5. The van der Waals surface area contributed by atoms with E-state index in [2.05, 4.69) is 66.2 Å². The maximum absolute atomic E-state index is 4.39. The average Bonchev–Trinajstić information content (AvgIpc) is 3.19. The Morgan fingerprint density at radius 1 is 1.08 bits per heavy atom. The van der Waals surface area contributed by atoms with Gasteiger partial charge in [0.15, 0.2) is 0 Å². The molecule has 0 N–H and O–H groups in total. The van der Waals surface area contributed by atoms with Crippen LogP contribution >= 0.6 is 11.3 Å². The Morgan fingerprint density at radius 2 is 2.00 bits per heavy atom. The monoisotopic (exact) mass is 333 g/mol. The summed E-state index contributed by atoms with van der Waals surface area (Å²) < 4.78 is 1.35. The normalized spacial score (nSPS) is 13.7. The molecule has 0 fully saturated rings. The van der Waals surface area contributed by atoms with Crippen molar-refractivity contribution in [2.75, 3.05) is 4.90 Å². The van der Waals surface area contributed by atoms with Crippen LogP contribution in [0.3, 0.4) is 0 Å². The van der Waals surface area contributed by atoms with Gasteiger partial charge in [-0.25, -0.2) is 0 Å². The summed E-state index contributed by atoms with van der Waals surface area (Å²) in [6, 6.07) is 15.9. The van der Waals surface area contributed by atoms with Crippen LogP contribution in [0.25, 0.3) is 15.8 Å². The largest absolute Gasteiger partial charge is 0.337 e. The van der Waals surface area contributed by atoms with Crippen molar-refractivity contribution in [1.82, 2.24) is 0 Å². The topological polar surface area (TPSA) is 3.24 Å². The maximum atomic E-state index is 4.39. The van der Waals surface area contributed by atoms with Crippen LogP contribution in [-0.4, -0.2) is 0 Å². The van der Waals surface area contributed by atoms with Crippen LogP contribution < -0.4 is 4.90 Å². The third-order valence-electron chi connectivity index (χ3n) is 4.96. The van der Waals surface area contributed by atoms with E-state index in [-0.39, 0.29) is 0 Å². The summed E-state index contributed by atoms with van der Waals surface area (Å²) in [4.78, 5) is 2.34. The van der Waals surface area contributed by atoms with Crippen molar-refractivity contribution in [3.05, 3.63) is 71.1 Å². The number of unbranched alkanes of at least 4 members (excludes halogenated alkanes) is 2. The van der Waals surface area contributed by atoms with Gasteiger partial charge in [-0.2, -0.15) is 0 Å². The minimum absolute atomic E-state index is 0.930. The third kappa shape index (κ3) is 2.76. The molecule has 0 radical (unpaired) electrons. The summed E-state index contributed by atoms with van der Waals surface area (Å²) in [5, 5.41) is 3.48. The van der Waals surface area contributed by atoms with Crippen molar-refractivity contribution < 1.29 is 0 Å². The lowest BCUT2D eigenvalue weighted by Crippen LogP contribution is -2.12. The summed E-state index contributed by atoms with van der Waals surface area (Å²) in [6.45, 7) is 7.57. The quantitative estimate of drug-likeness (QED) is 0.474. The van der Waals surface area contributed by atoms with E-state index in [0.717, 1.165) is 12.2 Å². The predicted molar refractivity (Wildman–Crippen MR) is 107 cm³/mol. The Labute approximate surface area is 148 Å². The summed E-state index contributed by atoms with van der Waals surface area (Å²) in [5.74, 6) is 0. The lowest BCUT2D eigenvalue weighted by molar-refractivity contribution is 0.717. The van der Waals surface area contributed by atoms with Crippen LogP contribution in [0, 0.1) is 0 Å². The van der Waals surface area contributed by atoms with Crippen molar-refractivity contribution in [3.63, 3.8) is 0 Å². The second kappa shape index (κ2) is 6.45. The van der Waals surface area contributed by atoms with Gasteiger partial charge in [0.25, 0.3) is 0 Å². The molecule has 0 unspecified atom stereocenters. The van der Waals surface area contributed by atoms with Crippen molar-refractivity contribution >= 4 is 32.8 Å². The molecular formula is C22H23NS. The Kier molecular flexibility index (Phi) is 4.15. The number of hydrogen-bond donors (Lipinski definition) is 0. The van der Waals surface area contributed by atoms with Crippen molar-refractivity contribution in [3.8, 4) is 0 Å². The number of hydrogen-bond acceptors (Lipinski definition) is 2. The standard InChI is InChI=1S/C22H23NS/c1-3-4-5-6-17-7-8-19-15-23(16(2)21(19)13-17)20-9-10-22-18(14-20)11-12-24-22/h7-14H,2-6,15H2,1H3. The fourth-order valence-corrected chi connectivity index (χ4v) is 4.32. The minimum atomic E-state index is 0.930. The van der Waals surface area contributed by atoms with Gasteiger partial charge < -0.3 is 4.90 Å². The first-order valence-electron chi connectivity index (χ1n) is 8.82. The molecule has 0 amide bonds. The zero-order valence-corrected chi connectivity index (χ0v) is 15.0. The molecule has 2 heterocycles. The van der Waals surface area contributed by atoms with Crippen LogP contribution in [0.5, 0.6) is 0 Å². The van der Waals surface area contributed by atoms with Gasteiger partial charge in [0.1, 0.15) is 0 Å². The Morgan fingerprint density at radius 3 is 2.88 bits per heavy atom. The molecule has 1 nitrogen and oxygen atoms in total. The van der Waals surface area contributed by atoms with Crippen LogP contribution in [-0.2, 0) is 13.0 Å². The minimum Gasteiger partial charge on any atom is -0.337 e. The lowest BCUT2D eigenvalue weighted by Gasteiger charge is -2.19. The molecule has 1 aromatic heterocycles. The maximum Gasteiger partial charge on any atom is 0.0488 e. The van der Waals surface area contributed by atoms with Crippen LogP contribution in [0.15, 0.2) is 54.4 Å². The van der Waals surface area contributed by atoms with E-state index in [9.17, 15) is 0 Å². The predicted octanol–water partition coefficient (Wildman–Crippen LogP) is 6.62. The van der Waals surface area contributed by atoms with Crippen LogP contribution in [0.1, 0.15) is 42.9 Å². The van der Waals surface area contributed by atoms with Gasteiger partial charge in [0, 0.05) is 28.2 Å². The summed E-state index contributed by atoms with van der Waals surface area (Å²) in [6.07, 6.45) is 5.04. The fourth-order valence-electron chi connectivity index (χ4n) is 3.55. The molecule has 122 valence electrons. The molecule has 1 aliphatic rings. The van der Waals surface area contributed by atoms with Gasteiger partial charge in [-0.3, -0.25) is 0 Å². The molecule has 0 saturated heterocycles. The zero-order valence-electron chi connectivity index (χ0n) is 14.2. The van der Waals surface area contributed by atoms with Gasteiger partial charge in [-0.05, 0) is 65.1 Å². The van der Waals surface area contributed by atoms with Gasteiger partial charge >= 0.3 is 0 Å². The SMILES string of the molecule is C=C1c2cc(CCCCC)ccc2CN1c1ccc2sccc2c1. The molecule has 3 aromatic rings. The first-order chi connectivity index (χ1) is 11.8. The van der Waals surface area contributed by atoms with Crippen LogP contribution in [0.4, 0.5) is 5.69 Å². The zero-order chi connectivity index (χ0) is 16.5. The molecule has 4 rings (SSSR count). The van der Waals surface area contributed by atoms with Crippen molar-refractivity contribution in [2.24, 2.45) is 0 Å². The van der Waals surface area contributed by atoms with Crippen molar-refractivity contribution in [2.45, 2.75) is 39.2 Å². The van der Waals surface area contributed by atoms with E-state index < -0.39 is 0 Å². The first kappa shape index (κ1) is 15.5. The number of fused-ring (bicyclic) bond motifs is 2. The lowest BCUT2D eigenvalue weighted by atomic mass is 10.0. The van der Waals surface area contributed by atoms with E-state index in [1.165, 1.54) is 58.1 Å². The Bertz CT molecular complexity index is 890. The number of benzene rings is 2. The second-order valence-electron chi connectivity index (χ2n) is 6.62. The summed E-state index contributed by atoms with van der Waals surface area (Å²) >= 11 is 1.80. The molecule has 2 aromatic carbocycles. The van der Waals surface area contributed by atoms with Crippen molar-refractivity contribution in [1.29, 1.82) is 0 Å². The molecular weight excluding hydrogens is 310 g/mol. The fraction of sp³-hybridized carbons (Fsp3) is 0.273. The van der Waals surface area contributed by atoms with Gasteiger partial charge in [0.2, 0.25) is 0 Å². The molecule has 0 aliphatic carbocycles. The molecule has 0 saturated carbocycles. The number of thiophene rings is 1. The molecule has 1 aliphatic heterocycles. The molecule has 0 spiro atoms. The Balaban J connectivity index is 1.60. The molecule has 0 bridgehead atoms. The van der Waals surface area contributed by atoms with Gasteiger partial charge in [-0.15, -0.1) is 11.3 Å². The number of nitrogens with zero attached hydrogens (tertiary/aromatic N) is 1. The third-order valence-corrected chi connectivity index (χ3v) is 5.85. The highest BCUT2D eigenvalue weighted by atomic mass is 32.1. The smallest absolute Gasteiger partial charge is 0.0488 e. The van der Waals surface area contributed by atoms with E-state index in [1.807, 2.05) is 0 Å². The van der Waals surface area contributed by atoms with E-state index in [0.29, 0.717) is 0 Å². The van der Waals surface area contributed by atoms with Gasteiger partial charge in [0.05, 0.1) is 0 Å².